The maximum absolute atomic E-state index is 6.13. The van der Waals surface area contributed by atoms with Gasteiger partial charge in [0.05, 0.1) is 18.5 Å². The first-order valence-electron chi connectivity index (χ1n) is 10.9. The fraction of sp³-hybridized carbons (Fsp3) is 0.320. The maximum Gasteiger partial charge on any atom is 0.163 e. The maximum atomic E-state index is 6.13. The molecule has 1 aliphatic carbocycles. The second-order valence-electron chi connectivity index (χ2n) is 8.56. The van der Waals surface area contributed by atoms with Crippen molar-refractivity contribution in [3.8, 4) is 16.8 Å². The standard InChI is InChI=1S/C25H25N5O/c1-16-27-28-24-15-31-14-22-23(30(16)24)11-10-20(18-12-26-29(2)13-18)25(22)21-9-5-7-17-6-3-4-8-19(17)21/h3-4,6,8,10-13,21H,5,7,9,14-15H2,1-2H3. The van der Waals surface area contributed by atoms with Gasteiger partial charge < -0.3 is 4.74 Å². The van der Waals surface area contributed by atoms with Crippen molar-refractivity contribution in [1.82, 2.24) is 24.5 Å². The minimum absolute atomic E-state index is 0.331. The molecule has 0 N–H and O–H groups in total. The van der Waals surface area contributed by atoms with Gasteiger partial charge in [0.2, 0.25) is 0 Å². The van der Waals surface area contributed by atoms with Crippen LogP contribution in [-0.4, -0.2) is 24.5 Å². The molecular weight excluding hydrogens is 386 g/mol. The SMILES string of the molecule is Cc1nnc2n1-c1ccc(-c3cnn(C)c3)c(C3CCCc4ccccc43)c1COC2. The second-order valence-corrected chi connectivity index (χ2v) is 8.56. The van der Waals surface area contributed by atoms with E-state index in [1.165, 1.54) is 34.2 Å². The molecule has 0 bridgehead atoms. The molecule has 0 saturated carbocycles. The van der Waals surface area contributed by atoms with Crippen molar-refractivity contribution in [3.63, 3.8) is 0 Å². The average Bonchev–Trinajstić information content (AvgIpc) is 3.32. The number of aryl methyl sites for hydroxylation is 3. The fourth-order valence-corrected chi connectivity index (χ4v) is 5.34. The summed E-state index contributed by atoms with van der Waals surface area (Å²) in [6.07, 6.45) is 7.54. The summed E-state index contributed by atoms with van der Waals surface area (Å²) in [5, 5.41) is 13.1. The molecule has 0 radical (unpaired) electrons. The molecule has 2 aromatic heterocycles. The van der Waals surface area contributed by atoms with E-state index >= 15 is 0 Å². The van der Waals surface area contributed by atoms with Crippen molar-refractivity contribution in [2.45, 2.75) is 45.3 Å². The van der Waals surface area contributed by atoms with Crippen molar-refractivity contribution < 1.29 is 4.74 Å². The highest BCUT2D eigenvalue weighted by Crippen LogP contribution is 2.45. The van der Waals surface area contributed by atoms with E-state index in [0.29, 0.717) is 19.1 Å². The van der Waals surface area contributed by atoms with Gasteiger partial charge in [0.1, 0.15) is 12.4 Å². The van der Waals surface area contributed by atoms with Gasteiger partial charge in [-0.1, -0.05) is 30.3 Å². The van der Waals surface area contributed by atoms with Crippen LogP contribution in [0.1, 0.15) is 52.7 Å². The topological polar surface area (TPSA) is 57.8 Å². The number of hydrogen-bond acceptors (Lipinski definition) is 4. The van der Waals surface area contributed by atoms with Crippen molar-refractivity contribution in [2.24, 2.45) is 7.05 Å². The molecule has 4 aromatic rings. The van der Waals surface area contributed by atoms with E-state index in [0.717, 1.165) is 35.7 Å². The van der Waals surface area contributed by atoms with Gasteiger partial charge in [-0.15, -0.1) is 10.2 Å². The summed E-state index contributed by atoms with van der Waals surface area (Å²) in [7, 11) is 1.97. The molecule has 1 aliphatic heterocycles. The third-order valence-corrected chi connectivity index (χ3v) is 6.68. The zero-order valence-electron chi connectivity index (χ0n) is 17.9. The van der Waals surface area contributed by atoms with Crippen molar-refractivity contribution in [1.29, 1.82) is 0 Å². The van der Waals surface area contributed by atoms with E-state index in [1.807, 2.05) is 24.9 Å². The summed E-state index contributed by atoms with van der Waals surface area (Å²) in [4.78, 5) is 0. The van der Waals surface area contributed by atoms with Gasteiger partial charge in [-0.2, -0.15) is 5.10 Å². The molecule has 1 atom stereocenters. The van der Waals surface area contributed by atoms with E-state index in [9.17, 15) is 0 Å². The Morgan fingerprint density at radius 3 is 2.84 bits per heavy atom. The molecule has 1 unspecified atom stereocenters. The van der Waals surface area contributed by atoms with Crippen LogP contribution in [0.5, 0.6) is 0 Å². The van der Waals surface area contributed by atoms with Gasteiger partial charge in [-0.3, -0.25) is 9.25 Å². The minimum atomic E-state index is 0.331. The lowest BCUT2D eigenvalue weighted by Gasteiger charge is -2.30. The summed E-state index contributed by atoms with van der Waals surface area (Å²) in [6.45, 7) is 3.05. The second kappa shape index (κ2) is 7.17. The van der Waals surface area contributed by atoms with Crippen LogP contribution < -0.4 is 0 Å². The Kier molecular flexibility index (Phi) is 4.28. The van der Waals surface area contributed by atoms with Crippen LogP contribution in [-0.2, 0) is 31.4 Å². The Hall–Kier alpha value is -3.25. The fourth-order valence-electron chi connectivity index (χ4n) is 5.34. The van der Waals surface area contributed by atoms with Crippen LogP contribution in [0.4, 0.5) is 0 Å². The van der Waals surface area contributed by atoms with Crippen molar-refractivity contribution in [3.05, 3.63) is 82.7 Å². The third-order valence-electron chi connectivity index (χ3n) is 6.68. The quantitative estimate of drug-likeness (QED) is 0.488. The third kappa shape index (κ3) is 2.93. The summed E-state index contributed by atoms with van der Waals surface area (Å²) >= 11 is 0. The first-order chi connectivity index (χ1) is 15.2. The van der Waals surface area contributed by atoms with Crippen molar-refractivity contribution in [2.75, 3.05) is 0 Å². The highest BCUT2D eigenvalue weighted by atomic mass is 16.5. The Morgan fingerprint density at radius 1 is 1.06 bits per heavy atom. The van der Waals surface area contributed by atoms with Crippen LogP contribution in [0.2, 0.25) is 0 Å². The molecule has 0 fully saturated rings. The van der Waals surface area contributed by atoms with E-state index in [4.69, 9.17) is 4.74 Å². The number of fused-ring (bicyclic) bond motifs is 4. The Labute approximate surface area is 181 Å². The lowest BCUT2D eigenvalue weighted by Crippen LogP contribution is -2.15. The highest BCUT2D eigenvalue weighted by molar-refractivity contribution is 5.73. The van der Waals surface area contributed by atoms with Crippen molar-refractivity contribution >= 4 is 0 Å². The molecule has 31 heavy (non-hydrogen) atoms. The molecule has 0 amide bonds. The van der Waals surface area contributed by atoms with E-state index in [1.54, 1.807) is 0 Å². The van der Waals surface area contributed by atoms with Crippen LogP contribution in [0.25, 0.3) is 16.8 Å². The molecule has 2 aromatic carbocycles. The number of benzene rings is 2. The lowest BCUT2D eigenvalue weighted by molar-refractivity contribution is 0.104. The predicted molar refractivity (Wildman–Crippen MR) is 118 cm³/mol. The monoisotopic (exact) mass is 411 g/mol. The number of ether oxygens (including phenoxy) is 1. The van der Waals surface area contributed by atoms with Gasteiger partial charge in [0.15, 0.2) is 5.82 Å². The lowest BCUT2D eigenvalue weighted by atomic mass is 9.75. The van der Waals surface area contributed by atoms with Gasteiger partial charge in [0, 0.05) is 30.3 Å². The zero-order chi connectivity index (χ0) is 20.9. The molecule has 6 nitrogen and oxygen atoms in total. The minimum Gasteiger partial charge on any atom is -0.369 e. The Balaban J connectivity index is 1.65. The number of hydrogen-bond donors (Lipinski definition) is 0. The molecule has 3 heterocycles. The summed E-state index contributed by atoms with van der Waals surface area (Å²) in [5.41, 5.74) is 9.03. The average molecular weight is 412 g/mol. The number of aromatic nitrogens is 5. The van der Waals surface area contributed by atoms with E-state index in [-0.39, 0.29) is 0 Å². The molecule has 0 spiro atoms. The molecular formula is C25H25N5O. The van der Waals surface area contributed by atoms with Crippen LogP contribution >= 0.6 is 0 Å². The van der Waals surface area contributed by atoms with Gasteiger partial charge in [0.25, 0.3) is 0 Å². The molecule has 6 rings (SSSR count). The van der Waals surface area contributed by atoms with Crippen LogP contribution in [0.15, 0.2) is 48.8 Å². The Bertz CT molecular complexity index is 1290. The Morgan fingerprint density at radius 2 is 1.97 bits per heavy atom. The van der Waals surface area contributed by atoms with Crippen LogP contribution in [0.3, 0.4) is 0 Å². The summed E-state index contributed by atoms with van der Waals surface area (Å²) in [6, 6.07) is 13.4. The normalized spacial score (nSPS) is 17.5. The summed E-state index contributed by atoms with van der Waals surface area (Å²) in [5.74, 6) is 2.09. The highest BCUT2D eigenvalue weighted by Gasteiger charge is 2.30. The zero-order valence-corrected chi connectivity index (χ0v) is 17.9. The first-order valence-corrected chi connectivity index (χ1v) is 10.9. The van der Waals surface area contributed by atoms with E-state index < -0.39 is 0 Å². The molecule has 2 aliphatic rings. The van der Waals surface area contributed by atoms with Crippen LogP contribution in [0, 0.1) is 6.92 Å². The van der Waals surface area contributed by atoms with E-state index in [2.05, 4.69) is 62.5 Å². The first kappa shape index (κ1) is 18.5. The largest absolute Gasteiger partial charge is 0.369 e. The van der Waals surface area contributed by atoms with Gasteiger partial charge in [-0.05, 0) is 54.5 Å². The molecule has 6 heteroatoms. The number of nitrogens with zero attached hydrogens (tertiary/aromatic N) is 5. The molecule has 156 valence electrons. The molecule has 0 saturated heterocycles. The van der Waals surface area contributed by atoms with Gasteiger partial charge in [-0.25, -0.2) is 0 Å². The smallest absolute Gasteiger partial charge is 0.163 e. The predicted octanol–water partition coefficient (Wildman–Crippen LogP) is 4.47. The number of rotatable bonds is 2. The summed E-state index contributed by atoms with van der Waals surface area (Å²) < 4.78 is 10.2. The van der Waals surface area contributed by atoms with Gasteiger partial charge >= 0.3 is 0 Å².